The van der Waals surface area contributed by atoms with Crippen LogP contribution in [0.25, 0.3) is 10.9 Å². The van der Waals surface area contributed by atoms with E-state index in [1.165, 1.54) is 4.68 Å². The monoisotopic (exact) mass is 287 g/mol. The number of hydrogen-bond acceptors (Lipinski definition) is 4. The number of carboxylic acids is 1. The van der Waals surface area contributed by atoms with Crippen molar-refractivity contribution in [3.8, 4) is 0 Å². The van der Waals surface area contributed by atoms with Crippen LogP contribution in [-0.4, -0.2) is 32.7 Å². The van der Waals surface area contributed by atoms with Crippen molar-refractivity contribution in [2.24, 2.45) is 0 Å². The summed E-state index contributed by atoms with van der Waals surface area (Å²) in [6.45, 7) is -0.270. The molecule has 7 heteroatoms. The van der Waals surface area contributed by atoms with Gasteiger partial charge in [-0.2, -0.15) is 5.10 Å². The number of nitrogens with one attached hydrogen (secondary N) is 1. The Hall–Kier alpha value is -2.70. The van der Waals surface area contributed by atoms with Crippen LogP contribution < -0.4 is 5.32 Å². The minimum Gasteiger partial charge on any atom is -0.480 e. The van der Waals surface area contributed by atoms with Crippen LogP contribution in [-0.2, 0) is 20.9 Å². The Morgan fingerprint density at radius 2 is 2.14 bits per heavy atom. The number of benzene rings is 1. The average Bonchev–Trinajstić information content (AvgIpc) is 2.77. The van der Waals surface area contributed by atoms with E-state index in [1.807, 2.05) is 6.07 Å². The second-order valence-corrected chi connectivity index (χ2v) is 4.96. The lowest BCUT2D eigenvalue weighted by Crippen LogP contribution is -2.39. The lowest BCUT2D eigenvalue weighted by Gasteiger charge is -2.19. The van der Waals surface area contributed by atoms with Gasteiger partial charge in [-0.05, 0) is 12.5 Å². The quantitative estimate of drug-likeness (QED) is 0.807. The normalized spacial score (nSPS) is 18.8. The Kier molecular flexibility index (Phi) is 3.17. The summed E-state index contributed by atoms with van der Waals surface area (Å²) in [6, 6.07) is 7.17. The summed E-state index contributed by atoms with van der Waals surface area (Å²) in [5.41, 5.74) is 1.19. The highest BCUT2D eigenvalue weighted by Gasteiger charge is 2.31. The lowest BCUT2D eigenvalue weighted by atomic mass is 9.93. The fourth-order valence-corrected chi connectivity index (χ4v) is 2.61. The molecule has 1 aliphatic rings. The summed E-state index contributed by atoms with van der Waals surface area (Å²) in [5.74, 6) is -2.19. The van der Waals surface area contributed by atoms with Crippen molar-refractivity contribution in [3.05, 3.63) is 30.0 Å². The smallest absolute Gasteiger partial charge is 0.325 e. The van der Waals surface area contributed by atoms with Crippen molar-refractivity contribution >= 4 is 28.7 Å². The van der Waals surface area contributed by atoms with Gasteiger partial charge in [0, 0.05) is 11.8 Å². The van der Waals surface area contributed by atoms with E-state index in [1.54, 1.807) is 18.2 Å². The molecule has 7 nitrogen and oxygen atoms in total. The number of amides is 2. The Morgan fingerprint density at radius 3 is 2.86 bits per heavy atom. The van der Waals surface area contributed by atoms with E-state index in [0.29, 0.717) is 17.6 Å². The topological polar surface area (TPSA) is 101 Å². The van der Waals surface area contributed by atoms with E-state index in [-0.39, 0.29) is 24.8 Å². The van der Waals surface area contributed by atoms with Crippen LogP contribution in [0.5, 0.6) is 0 Å². The Morgan fingerprint density at radius 1 is 1.38 bits per heavy atom. The van der Waals surface area contributed by atoms with Crippen molar-refractivity contribution in [2.45, 2.75) is 25.3 Å². The molecule has 1 saturated heterocycles. The van der Waals surface area contributed by atoms with Crippen LogP contribution >= 0.6 is 0 Å². The first-order valence-corrected chi connectivity index (χ1v) is 6.57. The fraction of sp³-hybridized carbons (Fsp3) is 0.286. The molecule has 2 N–H and O–H groups in total. The maximum Gasteiger partial charge on any atom is 0.325 e. The zero-order valence-corrected chi connectivity index (χ0v) is 11.1. The van der Waals surface area contributed by atoms with Crippen LogP contribution in [0.2, 0.25) is 0 Å². The molecule has 2 amide bonds. The predicted octanol–water partition coefficient (Wildman–Crippen LogP) is 0.641. The standard InChI is InChI=1S/C14H13N3O4/c18-11-6-5-9(14(21)15-11)13-8-3-1-2-4-10(8)17(16-13)7-12(19)20/h1-4,9H,5-7H2,(H,19,20)(H,15,18,21). The maximum absolute atomic E-state index is 12.0. The fourth-order valence-electron chi connectivity index (χ4n) is 2.61. The first-order chi connectivity index (χ1) is 10.1. The number of carbonyl (C=O) groups is 3. The zero-order valence-electron chi connectivity index (χ0n) is 11.1. The van der Waals surface area contributed by atoms with E-state index < -0.39 is 11.9 Å². The number of para-hydroxylation sites is 1. The second kappa shape index (κ2) is 5.01. The van der Waals surface area contributed by atoms with E-state index in [0.717, 1.165) is 5.39 Å². The van der Waals surface area contributed by atoms with Gasteiger partial charge in [0.25, 0.3) is 0 Å². The molecule has 1 fully saturated rings. The summed E-state index contributed by atoms with van der Waals surface area (Å²) in [7, 11) is 0. The van der Waals surface area contributed by atoms with E-state index in [4.69, 9.17) is 5.11 Å². The highest BCUT2D eigenvalue weighted by atomic mass is 16.4. The molecule has 3 rings (SSSR count). The number of aliphatic carboxylic acids is 1. The third-order valence-corrected chi connectivity index (χ3v) is 3.54. The van der Waals surface area contributed by atoms with E-state index >= 15 is 0 Å². The summed E-state index contributed by atoms with van der Waals surface area (Å²) < 4.78 is 1.37. The molecule has 0 spiro atoms. The SMILES string of the molecule is O=C(O)Cn1nc(C2CCC(=O)NC2=O)c2ccccc21. The van der Waals surface area contributed by atoms with Gasteiger partial charge in [-0.15, -0.1) is 0 Å². The van der Waals surface area contributed by atoms with Gasteiger partial charge in [-0.3, -0.25) is 24.4 Å². The molecule has 0 saturated carbocycles. The van der Waals surface area contributed by atoms with Gasteiger partial charge in [-0.25, -0.2) is 0 Å². The number of rotatable bonds is 3. The molecule has 1 atom stereocenters. The molecule has 1 aromatic heterocycles. The van der Waals surface area contributed by atoms with Crippen molar-refractivity contribution < 1.29 is 19.5 Å². The van der Waals surface area contributed by atoms with Gasteiger partial charge in [0.05, 0.1) is 17.1 Å². The summed E-state index contributed by atoms with van der Waals surface area (Å²) in [6.07, 6.45) is 0.648. The Labute approximate surface area is 119 Å². The van der Waals surface area contributed by atoms with Crippen molar-refractivity contribution in [1.82, 2.24) is 15.1 Å². The maximum atomic E-state index is 12.0. The van der Waals surface area contributed by atoms with Gasteiger partial charge < -0.3 is 5.11 Å². The third-order valence-electron chi connectivity index (χ3n) is 3.54. The number of imide groups is 1. The third kappa shape index (κ3) is 2.37. The highest BCUT2D eigenvalue weighted by Crippen LogP contribution is 2.30. The number of piperidine rings is 1. The van der Waals surface area contributed by atoms with E-state index in [2.05, 4.69) is 10.4 Å². The molecule has 21 heavy (non-hydrogen) atoms. The van der Waals surface area contributed by atoms with Crippen molar-refractivity contribution in [3.63, 3.8) is 0 Å². The van der Waals surface area contributed by atoms with Crippen LogP contribution in [0, 0.1) is 0 Å². The molecule has 1 unspecified atom stereocenters. The number of nitrogens with zero attached hydrogens (tertiary/aromatic N) is 2. The van der Waals surface area contributed by atoms with Crippen molar-refractivity contribution in [2.75, 3.05) is 0 Å². The largest absolute Gasteiger partial charge is 0.480 e. The van der Waals surface area contributed by atoms with Gasteiger partial charge in [-0.1, -0.05) is 18.2 Å². The number of carboxylic acid groups (broad SMARTS) is 1. The first-order valence-electron chi connectivity index (χ1n) is 6.57. The second-order valence-electron chi connectivity index (χ2n) is 4.96. The van der Waals surface area contributed by atoms with Crippen LogP contribution in [0.1, 0.15) is 24.5 Å². The molecule has 0 bridgehead atoms. The summed E-state index contributed by atoms with van der Waals surface area (Å²) >= 11 is 0. The minimum atomic E-state index is -1.00. The van der Waals surface area contributed by atoms with Crippen LogP contribution in [0.4, 0.5) is 0 Å². The molecule has 1 aliphatic heterocycles. The van der Waals surface area contributed by atoms with Gasteiger partial charge in [0.15, 0.2) is 0 Å². The first kappa shape index (κ1) is 13.3. The molecule has 108 valence electrons. The van der Waals surface area contributed by atoms with Crippen LogP contribution in [0.3, 0.4) is 0 Å². The van der Waals surface area contributed by atoms with E-state index in [9.17, 15) is 14.4 Å². The molecular formula is C14H13N3O4. The van der Waals surface area contributed by atoms with Gasteiger partial charge >= 0.3 is 5.97 Å². The van der Waals surface area contributed by atoms with Gasteiger partial charge in [0.1, 0.15) is 6.54 Å². The predicted molar refractivity (Wildman–Crippen MR) is 72.5 cm³/mol. The Balaban J connectivity index is 2.08. The molecule has 0 radical (unpaired) electrons. The number of fused-ring (bicyclic) bond motifs is 1. The number of hydrogen-bond donors (Lipinski definition) is 2. The summed E-state index contributed by atoms with van der Waals surface area (Å²) in [5, 5.41) is 16.3. The average molecular weight is 287 g/mol. The summed E-state index contributed by atoms with van der Waals surface area (Å²) in [4.78, 5) is 34.1. The molecule has 2 aromatic rings. The minimum absolute atomic E-state index is 0.260. The number of aromatic nitrogens is 2. The van der Waals surface area contributed by atoms with Crippen LogP contribution in [0.15, 0.2) is 24.3 Å². The molecular weight excluding hydrogens is 274 g/mol. The molecule has 2 heterocycles. The molecule has 0 aliphatic carbocycles. The lowest BCUT2D eigenvalue weighted by molar-refractivity contribution is -0.138. The zero-order chi connectivity index (χ0) is 15.0. The Bertz CT molecular complexity index is 750. The van der Waals surface area contributed by atoms with Crippen molar-refractivity contribution in [1.29, 1.82) is 0 Å². The highest BCUT2D eigenvalue weighted by molar-refractivity contribution is 6.02. The molecule has 1 aromatic carbocycles. The number of carbonyl (C=O) groups excluding carboxylic acids is 2. The van der Waals surface area contributed by atoms with Gasteiger partial charge in [0.2, 0.25) is 11.8 Å².